The number of H-pyrrole nitrogens is 1. The van der Waals surface area contributed by atoms with Gasteiger partial charge in [-0.3, -0.25) is 4.79 Å². The highest BCUT2D eigenvalue weighted by Crippen LogP contribution is 2.38. The van der Waals surface area contributed by atoms with E-state index < -0.39 is 11.6 Å². The predicted molar refractivity (Wildman–Crippen MR) is 111 cm³/mol. The summed E-state index contributed by atoms with van der Waals surface area (Å²) in [5.74, 6) is -1.41. The van der Waals surface area contributed by atoms with Crippen molar-refractivity contribution in [3.63, 3.8) is 0 Å². The summed E-state index contributed by atoms with van der Waals surface area (Å²) in [6.45, 7) is 0. The molecule has 4 aromatic rings. The van der Waals surface area contributed by atoms with Gasteiger partial charge in [-0.05, 0) is 35.5 Å². The number of halogens is 2. The molecule has 30 heavy (non-hydrogen) atoms. The van der Waals surface area contributed by atoms with Gasteiger partial charge in [0.25, 0.3) is 5.88 Å². The standard InChI is InChI=1S/C21H17ClFN3O4/c1-26(2)10-4-5-11(15(23)6-10)12-7-13-16(8-14(12)22)24-21(28)19(13)20(27)17-9-18(29-3)25-30-17/h4-9,24,28H,1-3H3. The van der Waals surface area contributed by atoms with Gasteiger partial charge in [0.15, 0.2) is 0 Å². The number of nitrogens with zero attached hydrogens (tertiary/aromatic N) is 2. The summed E-state index contributed by atoms with van der Waals surface area (Å²) in [5, 5.41) is 14.6. The van der Waals surface area contributed by atoms with E-state index in [1.807, 2.05) is 14.1 Å². The second kappa shape index (κ2) is 7.38. The van der Waals surface area contributed by atoms with E-state index in [9.17, 15) is 14.3 Å². The number of carbonyl (C=O) groups is 1. The number of methoxy groups -OCH3 is 1. The fourth-order valence-corrected chi connectivity index (χ4v) is 3.49. The van der Waals surface area contributed by atoms with Crippen molar-refractivity contribution in [2.24, 2.45) is 0 Å². The third kappa shape index (κ3) is 3.25. The summed E-state index contributed by atoms with van der Waals surface area (Å²) >= 11 is 6.38. The van der Waals surface area contributed by atoms with Gasteiger partial charge in [-0.15, -0.1) is 0 Å². The molecule has 0 aliphatic carbocycles. The van der Waals surface area contributed by atoms with Crippen molar-refractivity contribution in [3.8, 4) is 22.9 Å². The molecule has 9 heteroatoms. The molecular weight excluding hydrogens is 413 g/mol. The zero-order chi connectivity index (χ0) is 21.6. The number of aromatic nitrogens is 2. The predicted octanol–water partition coefficient (Wildman–Crippen LogP) is 4.63. The molecule has 0 bridgehead atoms. The summed E-state index contributed by atoms with van der Waals surface area (Å²) in [5.41, 5.74) is 1.74. The number of hydrogen-bond acceptors (Lipinski definition) is 6. The largest absolute Gasteiger partial charge is 0.494 e. The summed E-state index contributed by atoms with van der Waals surface area (Å²) < 4.78 is 24.7. The van der Waals surface area contributed by atoms with Crippen LogP contribution < -0.4 is 9.64 Å². The SMILES string of the molecule is COc1cc(C(=O)c2c(O)[nH]c3cc(Cl)c(-c4ccc(N(C)C)cc4F)cc23)on1. The Kier molecular flexibility index (Phi) is 4.87. The molecule has 0 saturated carbocycles. The highest BCUT2D eigenvalue weighted by atomic mass is 35.5. The van der Waals surface area contributed by atoms with E-state index in [-0.39, 0.29) is 33.7 Å². The molecule has 0 amide bonds. The Morgan fingerprint density at radius 3 is 2.63 bits per heavy atom. The lowest BCUT2D eigenvalue weighted by molar-refractivity contribution is 0.0999. The van der Waals surface area contributed by atoms with Crippen molar-refractivity contribution in [1.82, 2.24) is 10.1 Å². The number of benzene rings is 2. The first-order valence-corrected chi connectivity index (χ1v) is 9.24. The van der Waals surface area contributed by atoms with Crippen molar-refractivity contribution in [2.75, 3.05) is 26.1 Å². The van der Waals surface area contributed by atoms with E-state index in [0.717, 1.165) is 0 Å². The summed E-state index contributed by atoms with van der Waals surface area (Å²) in [7, 11) is 5.01. The van der Waals surface area contributed by atoms with Gasteiger partial charge < -0.3 is 24.3 Å². The second-order valence-electron chi connectivity index (χ2n) is 6.85. The first-order valence-electron chi connectivity index (χ1n) is 8.87. The lowest BCUT2D eigenvalue weighted by Crippen LogP contribution is -2.08. The molecule has 0 aliphatic rings. The van der Waals surface area contributed by atoms with Crippen LogP contribution >= 0.6 is 11.6 Å². The molecule has 0 fully saturated rings. The average molecular weight is 430 g/mol. The van der Waals surface area contributed by atoms with Gasteiger partial charge in [0.1, 0.15) is 5.82 Å². The quantitative estimate of drug-likeness (QED) is 0.449. The molecule has 0 atom stereocenters. The Morgan fingerprint density at radius 1 is 1.23 bits per heavy atom. The van der Waals surface area contributed by atoms with Crippen LogP contribution in [-0.4, -0.2) is 42.2 Å². The van der Waals surface area contributed by atoms with E-state index in [1.54, 1.807) is 23.1 Å². The Labute approximate surface area is 175 Å². The van der Waals surface area contributed by atoms with Crippen molar-refractivity contribution in [3.05, 3.63) is 58.6 Å². The molecule has 0 radical (unpaired) electrons. The normalized spacial score (nSPS) is 11.1. The maximum Gasteiger partial charge on any atom is 0.254 e. The molecular formula is C21H17ClFN3O4. The van der Waals surface area contributed by atoms with Gasteiger partial charge in [-0.25, -0.2) is 4.39 Å². The van der Waals surface area contributed by atoms with Crippen LogP contribution in [-0.2, 0) is 0 Å². The molecule has 0 aliphatic heterocycles. The number of hydrogen-bond donors (Lipinski definition) is 2. The van der Waals surface area contributed by atoms with Gasteiger partial charge in [0.2, 0.25) is 17.4 Å². The van der Waals surface area contributed by atoms with E-state index in [4.69, 9.17) is 20.9 Å². The van der Waals surface area contributed by atoms with Crippen LogP contribution in [0.4, 0.5) is 10.1 Å². The number of anilines is 1. The Morgan fingerprint density at radius 2 is 2.00 bits per heavy atom. The van der Waals surface area contributed by atoms with Gasteiger partial charge >= 0.3 is 0 Å². The minimum atomic E-state index is -0.605. The zero-order valence-corrected chi connectivity index (χ0v) is 17.0. The van der Waals surface area contributed by atoms with Crippen LogP contribution in [0.1, 0.15) is 16.1 Å². The van der Waals surface area contributed by atoms with Crippen LogP contribution in [0.15, 0.2) is 40.9 Å². The number of rotatable bonds is 5. The fraction of sp³-hybridized carbons (Fsp3) is 0.143. The molecule has 2 N–H and O–H groups in total. The maximum atomic E-state index is 14.8. The van der Waals surface area contributed by atoms with Gasteiger partial charge in [0, 0.05) is 36.3 Å². The first kappa shape index (κ1) is 19.8. The smallest absolute Gasteiger partial charge is 0.254 e. The highest BCUT2D eigenvalue weighted by Gasteiger charge is 2.25. The van der Waals surface area contributed by atoms with E-state index in [2.05, 4.69) is 10.1 Å². The topological polar surface area (TPSA) is 91.6 Å². The lowest BCUT2D eigenvalue weighted by atomic mass is 9.99. The first-order chi connectivity index (χ1) is 14.3. The van der Waals surface area contributed by atoms with Crippen LogP contribution in [0.5, 0.6) is 11.8 Å². The third-order valence-electron chi connectivity index (χ3n) is 4.77. The molecule has 2 aromatic carbocycles. The monoisotopic (exact) mass is 429 g/mol. The molecule has 2 aromatic heterocycles. The van der Waals surface area contributed by atoms with Crippen molar-refractivity contribution in [2.45, 2.75) is 0 Å². The van der Waals surface area contributed by atoms with E-state index >= 15 is 0 Å². The molecule has 2 heterocycles. The summed E-state index contributed by atoms with van der Waals surface area (Å²) in [6, 6.07) is 9.19. The van der Waals surface area contributed by atoms with Crippen LogP contribution in [0.25, 0.3) is 22.0 Å². The minimum Gasteiger partial charge on any atom is -0.494 e. The number of aromatic amines is 1. The van der Waals surface area contributed by atoms with Crippen LogP contribution in [0, 0.1) is 5.82 Å². The van der Waals surface area contributed by atoms with Crippen molar-refractivity contribution >= 4 is 34.0 Å². The molecule has 154 valence electrons. The van der Waals surface area contributed by atoms with Crippen molar-refractivity contribution in [1.29, 1.82) is 0 Å². The maximum absolute atomic E-state index is 14.8. The fourth-order valence-electron chi connectivity index (χ4n) is 3.22. The second-order valence-corrected chi connectivity index (χ2v) is 7.25. The Balaban J connectivity index is 1.87. The number of aromatic hydroxyl groups is 1. The highest BCUT2D eigenvalue weighted by molar-refractivity contribution is 6.34. The van der Waals surface area contributed by atoms with Gasteiger partial charge in [-0.2, -0.15) is 0 Å². The van der Waals surface area contributed by atoms with Gasteiger partial charge in [-0.1, -0.05) is 11.6 Å². The zero-order valence-electron chi connectivity index (χ0n) is 16.3. The molecule has 0 unspecified atom stereocenters. The number of ketones is 1. The molecule has 7 nitrogen and oxygen atoms in total. The third-order valence-corrected chi connectivity index (χ3v) is 5.09. The number of carbonyl (C=O) groups excluding carboxylic acids is 1. The van der Waals surface area contributed by atoms with Crippen LogP contribution in [0.3, 0.4) is 0 Å². The summed E-state index contributed by atoms with van der Waals surface area (Å²) in [4.78, 5) is 17.4. The van der Waals surface area contributed by atoms with E-state index in [0.29, 0.717) is 22.2 Å². The minimum absolute atomic E-state index is 0.0351. The summed E-state index contributed by atoms with van der Waals surface area (Å²) in [6.07, 6.45) is 0. The molecule has 0 saturated heterocycles. The average Bonchev–Trinajstić information content (AvgIpc) is 3.30. The number of ether oxygens (including phenoxy) is 1. The number of nitrogens with one attached hydrogen (secondary N) is 1. The van der Waals surface area contributed by atoms with Gasteiger partial charge in [0.05, 0.1) is 29.3 Å². The molecule has 4 rings (SSSR count). The Bertz CT molecular complexity index is 1280. The van der Waals surface area contributed by atoms with Crippen molar-refractivity contribution < 1.29 is 23.6 Å². The molecule has 0 spiro atoms. The van der Waals surface area contributed by atoms with Crippen LogP contribution in [0.2, 0.25) is 5.02 Å². The Hall–Kier alpha value is -3.52. The number of fused-ring (bicyclic) bond motifs is 1. The lowest BCUT2D eigenvalue weighted by Gasteiger charge is -2.14. The van der Waals surface area contributed by atoms with E-state index in [1.165, 1.54) is 25.3 Å².